The molecular formula is C9H11BrFNO2. The molecule has 0 aliphatic rings. The number of aromatic hydroxyl groups is 1. The molecule has 0 amide bonds. The molecule has 0 radical (unpaired) electrons. The van der Waals surface area contributed by atoms with Crippen molar-refractivity contribution in [3.05, 3.63) is 27.5 Å². The number of aliphatic hydroxyl groups is 1. The zero-order valence-corrected chi connectivity index (χ0v) is 9.18. The second-order valence-electron chi connectivity index (χ2n) is 3.05. The molecule has 78 valence electrons. The molecular weight excluding hydrogens is 253 g/mol. The van der Waals surface area contributed by atoms with Gasteiger partial charge in [-0.05, 0) is 28.4 Å². The average molecular weight is 264 g/mol. The highest BCUT2D eigenvalue weighted by molar-refractivity contribution is 9.10. The molecule has 0 aromatic heterocycles. The number of nitrogens with two attached hydrogens (primary N) is 1. The number of hydrogen-bond donors (Lipinski definition) is 3. The van der Waals surface area contributed by atoms with Gasteiger partial charge in [-0.1, -0.05) is 6.07 Å². The van der Waals surface area contributed by atoms with Crippen LogP contribution in [0.1, 0.15) is 17.2 Å². The molecule has 1 aromatic rings. The maximum Gasteiger partial charge on any atom is 0.170 e. The Hall–Kier alpha value is -0.650. The molecule has 0 aliphatic heterocycles. The van der Waals surface area contributed by atoms with E-state index in [1.165, 1.54) is 6.07 Å². The summed E-state index contributed by atoms with van der Waals surface area (Å²) in [7, 11) is 0. The summed E-state index contributed by atoms with van der Waals surface area (Å²) in [4.78, 5) is 0. The molecule has 1 aromatic carbocycles. The van der Waals surface area contributed by atoms with Gasteiger partial charge in [-0.15, -0.1) is 0 Å². The van der Waals surface area contributed by atoms with Gasteiger partial charge >= 0.3 is 0 Å². The quantitative estimate of drug-likeness (QED) is 0.760. The van der Waals surface area contributed by atoms with Crippen molar-refractivity contribution in [3.63, 3.8) is 0 Å². The summed E-state index contributed by atoms with van der Waals surface area (Å²) in [5, 5.41) is 18.1. The van der Waals surface area contributed by atoms with E-state index < -0.39 is 17.6 Å². The van der Waals surface area contributed by atoms with Crippen molar-refractivity contribution < 1.29 is 14.6 Å². The summed E-state index contributed by atoms with van der Waals surface area (Å²) in [6, 6.07) is 0.688. The van der Waals surface area contributed by atoms with Crippen LogP contribution in [0.25, 0.3) is 0 Å². The molecule has 0 saturated heterocycles. The smallest absolute Gasteiger partial charge is 0.170 e. The van der Waals surface area contributed by atoms with E-state index in [1.54, 1.807) is 6.92 Å². The van der Waals surface area contributed by atoms with E-state index in [4.69, 9.17) is 10.8 Å². The normalized spacial score (nSPS) is 12.9. The fourth-order valence-electron chi connectivity index (χ4n) is 1.15. The number of aryl methyl sites for hydroxylation is 1. The van der Waals surface area contributed by atoms with Crippen molar-refractivity contribution in [2.75, 3.05) is 6.61 Å². The summed E-state index contributed by atoms with van der Waals surface area (Å²) in [6.07, 6.45) is 0. The highest BCUT2D eigenvalue weighted by Gasteiger charge is 2.17. The summed E-state index contributed by atoms with van der Waals surface area (Å²) < 4.78 is 13.7. The number of benzene rings is 1. The van der Waals surface area contributed by atoms with Gasteiger partial charge in [-0.25, -0.2) is 4.39 Å². The van der Waals surface area contributed by atoms with Crippen molar-refractivity contribution in [2.45, 2.75) is 13.0 Å². The second kappa shape index (κ2) is 4.25. The molecule has 0 fully saturated rings. The summed E-state index contributed by atoms with van der Waals surface area (Å²) in [5.41, 5.74) is 6.25. The van der Waals surface area contributed by atoms with Crippen LogP contribution in [0.5, 0.6) is 5.75 Å². The number of phenolic OH excluding ortho intramolecular Hbond substituents is 1. The average Bonchev–Trinajstić information content (AvgIpc) is 2.19. The predicted molar refractivity (Wildman–Crippen MR) is 54.5 cm³/mol. The highest BCUT2D eigenvalue weighted by atomic mass is 79.9. The van der Waals surface area contributed by atoms with E-state index in [9.17, 15) is 9.50 Å². The minimum Gasteiger partial charge on any atom is -0.504 e. The Morgan fingerprint density at radius 3 is 2.71 bits per heavy atom. The van der Waals surface area contributed by atoms with Crippen LogP contribution in [0.15, 0.2) is 10.5 Å². The van der Waals surface area contributed by atoms with E-state index in [0.29, 0.717) is 10.0 Å². The lowest BCUT2D eigenvalue weighted by atomic mass is 10.0. The van der Waals surface area contributed by atoms with Crippen LogP contribution >= 0.6 is 15.9 Å². The Bertz CT molecular complexity index is 357. The fraction of sp³-hybridized carbons (Fsp3) is 0.333. The van der Waals surface area contributed by atoms with Crippen molar-refractivity contribution >= 4 is 15.9 Å². The lowest BCUT2D eigenvalue weighted by Crippen LogP contribution is -2.16. The summed E-state index contributed by atoms with van der Waals surface area (Å²) >= 11 is 3.04. The summed E-state index contributed by atoms with van der Waals surface area (Å²) in [6.45, 7) is 1.34. The Kier molecular flexibility index (Phi) is 3.47. The molecule has 14 heavy (non-hydrogen) atoms. The van der Waals surface area contributed by atoms with Gasteiger partial charge in [-0.2, -0.15) is 0 Å². The lowest BCUT2D eigenvalue weighted by Gasteiger charge is -2.13. The van der Waals surface area contributed by atoms with Crippen LogP contribution in [-0.2, 0) is 0 Å². The molecule has 5 heteroatoms. The van der Waals surface area contributed by atoms with Gasteiger partial charge in [0, 0.05) is 5.56 Å². The maximum atomic E-state index is 13.4. The Balaban J connectivity index is 3.33. The third-order valence-corrected chi connectivity index (χ3v) is 2.98. The van der Waals surface area contributed by atoms with Crippen LogP contribution in [0.4, 0.5) is 4.39 Å². The first-order chi connectivity index (χ1) is 6.49. The second-order valence-corrected chi connectivity index (χ2v) is 3.84. The molecule has 1 rings (SSSR count). The van der Waals surface area contributed by atoms with Crippen molar-refractivity contribution in [1.29, 1.82) is 0 Å². The molecule has 4 N–H and O–H groups in total. The third-order valence-electron chi connectivity index (χ3n) is 1.98. The Morgan fingerprint density at radius 2 is 2.21 bits per heavy atom. The van der Waals surface area contributed by atoms with E-state index >= 15 is 0 Å². The molecule has 1 unspecified atom stereocenters. The van der Waals surface area contributed by atoms with E-state index in [1.807, 2.05) is 0 Å². The maximum absolute atomic E-state index is 13.4. The molecule has 0 bridgehead atoms. The minimum absolute atomic E-state index is 0.116. The molecule has 1 atom stereocenters. The number of rotatable bonds is 2. The van der Waals surface area contributed by atoms with Gasteiger partial charge in [0.2, 0.25) is 0 Å². The van der Waals surface area contributed by atoms with E-state index in [-0.39, 0.29) is 12.2 Å². The van der Waals surface area contributed by atoms with Crippen molar-refractivity contribution in [2.24, 2.45) is 5.73 Å². The van der Waals surface area contributed by atoms with Crippen molar-refractivity contribution in [1.82, 2.24) is 0 Å². The number of hydrogen-bond acceptors (Lipinski definition) is 3. The van der Waals surface area contributed by atoms with Gasteiger partial charge in [0.15, 0.2) is 11.6 Å². The Morgan fingerprint density at radius 1 is 1.64 bits per heavy atom. The SMILES string of the molecule is Cc1cc(C(N)CO)c(F)c(O)c1Br. The van der Waals surface area contributed by atoms with Gasteiger partial charge in [0.1, 0.15) is 0 Å². The van der Waals surface area contributed by atoms with Crippen LogP contribution in [-0.4, -0.2) is 16.8 Å². The monoisotopic (exact) mass is 263 g/mol. The molecule has 0 spiro atoms. The third kappa shape index (κ3) is 1.89. The van der Waals surface area contributed by atoms with Crippen LogP contribution in [0.3, 0.4) is 0 Å². The molecule has 0 saturated carbocycles. The topological polar surface area (TPSA) is 66.5 Å². The van der Waals surface area contributed by atoms with Gasteiger partial charge < -0.3 is 15.9 Å². The van der Waals surface area contributed by atoms with Gasteiger partial charge in [0.25, 0.3) is 0 Å². The number of aliphatic hydroxyl groups excluding tert-OH is 1. The first kappa shape index (κ1) is 11.4. The van der Waals surface area contributed by atoms with Crippen LogP contribution < -0.4 is 5.73 Å². The number of phenols is 1. The van der Waals surface area contributed by atoms with Crippen molar-refractivity contribution in [3.8, 4) is 5.75 Å². The Labute approximate surface area is 89.5 Å². The minimum atomic E-state index is -0.812. The zero-order chi connectivity index (χ0) is 10.9. The number of halogens is 2. The molecule has 0 heterocycles. The van der Waals surface area contributed by atoms with E-state index in [2.05, 4.69) is 15.9 Å². The van der Waals surface area contributed by atoms with Crippen LogP contribution in [0.2, 0.25) is 0 Å². The zero-order valence-electron chi connectivity index (χ0n) is 7.59. The lowest BCUT2D eigenvalue weighted by molar-refractivity contribution is 0.264. The van der Waals surface area contributed by atoms with Gasteiger partial charge in [-0.3, -0.25) is 0 Å². The fourth-order valence-corrected chi connectivity index (χ4v) is 1.44. The first-order valence-electron chi connectivity index (χ1n) is 4.03. The largest absolute Gasteiger partial charge is 0.504 e. The standard InChI is InChI=1S/C9H11BrFNO2/c1-4-2-5(6(12)3-13)8(11)9(14)7(4)10/h2,6,13-14H,3,12H2,1H3. The van der Waals surface area contributed by atoms with E-state index in [0.717, 1.165) is 0 Å². The summed E-state index contributed by atoms with van der Waals surface area (Å²) in [5.74, 6) is -1.26. The first-order valence-corrected chi connectivity index (χ1v) is 4.82. The molecule has 0 aliphatic carbocycles. The highest BCUT2D eigenvalue weighted by Crippen LogP contribution is 2.34. The predicted octanol–water partition coefficient (Wildman–Crippen LogP) is 1.59. The molecule has 3 nitrogen and oxygen atoms in total. The van der Waals surface area contributed by atoms with Crippen LogP contribution in [0, 0.1) is 12.7 Å². The van der Waals surface area contributed by atoms with Gasteiger partial charge in [0.05, 0.1) is 17.1 Å².